The number of esters is 1. The van der Waals surface area contributed by atoms with Crippen LogP contribution in [0.25, 0.3) is 11.3 Å². The number of alkyl halides is 3. The first-order valence-electron chi connectivity index (χ1n) is 7.47. The molecule has 0 spiro atoms. The van der Waals surface area contributed by atoms with E-state index in [2.05, 4.69) is 4.98 Å². The van der Waals surface area contributed by atoms with Gasteiger partial charge in [0.15, 0.2) is 0 Å². The van der Waals surface area contributed by atoms with Gasteiger partial charge in [0, 0.05) is 18.4 Å². The summed E-state index contributed by atoms with van der Waals surface area (Å²) < 4.78 is 62.0. The third kappa shape index (κ3) is 4.29. The second-order valence-electron chi connectivity index (χ2n) is 5.28. The summed E-state index contributed by atoms with van der Waals surface area (Å²) in [5, 5.41) is 0. The van der Waals surface area contributed by atoms with Crippen LogP contribution in [-0.2, 0) is 22.3 Å². The van der Waals surface area contributed by atoms with Crippen LogP contribution in [0.2, 0.25) is 0 Å². The molecular formula is C17H15F4NO4. The number of hydrogen-bond donors (Lipinski definition) is 1. The van der Waals surface area contributed by atoms with Gasteiger partial charge in [0.25, 0.3) is 5.56 Å². The molecule has 0 unspecified atom stereocenters. The third-order valence-electron chi connectivity index (χ3n) is 3.46. The lowest BCUT2D eigenvalue weighted by Crippen LogP contribution is -2.21. The van der Waals surface area contributed by atoms with Crippen LogP contribution >= 0.6 is 0 Å². The van der Waals surface area contributed by atoms with E-state index in [1.807, 2.05) is 0 Å². The molecular weight excluding hydrogens is 358 g/mol. The maximum Gasteiger partial charge on any atom is 0.416 e. The molecule has 1 aromatic heterocycles. The van der Waals surface area contributed by atoms with E-state index in [1.54, 1.807) is 6.92 Å². The Kier molecular flexibility index (Phi) is 5.81. The van der Waals surface area contributed by atoms with Gasteiger partial charge in [0.2, 0.25) is 0 Å². The number of pyridine rings is 1. The zero-order valence-electron chi connectivity index (χ0n) is 13.9. The second-order valence-corrected chi connectivity index (χ2v) is 5.28. The molecule has 2 aromatic rings. The molecule has 2 rings (SSSR count). The minimum absolute atomic E-state index is 0.0333. The molecule has 0 aliphatic rings. The number of methoxy groups -OCH3 is 1. The zero-order valence-corrected chi connectivity index (χ0v) is 13.9. The van der Waals surface area contributed by atoms with Gasteiger partial charge >= 0.3 is 12.1 Å². The fraction of sp³-hybridized carbons (Fsp3) is 0.294. The normalized spacial score (nSPS) is 11.5. The highest BCUT2D eigenvalue weighted by Gasteiger charge is 2.31. The van der Waals surface area contributed by atoms with E-state index >= 15 is 0 Å². The topological polar surface area (TPSA) is 68.4 Å². The van der Waals surface area contributed by atoms with Gasteiger partial charge < -0.3 is 14.5 Å². The summed E-state index contributed by atoms with van der Waals surface area (Å²) in [4.78, 5) is 26.7. The van der Waals surface area contributed by atoms with Gasteiger partial charge in [-0.05, 0) is 31.2 Å². The van der Waals surface area contributed by atoms with Crippen molar-refractivity contribution < 1.29 is 31.8 Å². The van der Waals surface area contributed by atoms with Crippen molar-refractivity contribution in [3.05, 3.63) is 57.1 Å². The number of aromatic nitrogens is 1. The number of halogens is 4. The molecule has 0 bridgehead atoms. The van der Waals surface area contributed by atoms with Crippen molar-refractivity contribution in [2.45, 2.75) is 19.7 Å². The summed E-state index contributed by atoms with van der Waals surface area (Å²) in [5.74, 6) is -1.96. The Bertz CT molecular complexity index is 874. The van der Waals surface area contributed by atoms with E-state index in [0.717, 1.165) is 12.1 Å². The highest BCUT2D eigenvalue weighted by atomic mass is 19.4. The fourth-order valence-corrected chi connectivity index (χ4v) is 2.33. The number of aromatic amines is 1. The van der Waals surface area contributed by atoms with Crippen LogP contribution in [0.1, 0.15) is 28.4 Å². The van der Waals surface area contributed by atoms with Crippen molar-refractivity contribution in [2.24, 2.45) is 0 Å². The fourth-order valence-electron chi connectivity index (χ4n) is 2.33. The quantitative estimate of drug-likeness (QED) is 0.643. The zero-order chi connectivity index (χ0) is 19.5. The number of H-pyrrole nitrogens is 1. The Hall–Kier alpha value is -2.68. The monoisotopic (exact) mass is 373 g/mol. The third-order valence-corrected chi connectivity index (χ3v) is 3.46. The average molecular weight is 373 g/mol. The van der Waals surface area contributed by atoms with E-state index in [1.165, 1.54) is 7.11 Å². The maximum atomic E-state index is 13.6. The number of hydrogen-bond acceptors (Lipinski definition) is 4. The summed E-state index contributed by atoms with van der Waals surface area (Å²) in [7, 11) is 1.31. The van der Waals surface area contributed by atoms with Gasteiger partial charge in [0.05, 0.1) is 29.9 Å². The predicted molar refractivity (Wildman–Crippen MR) is 84.1 cm³/mol. The van der Waals surface area contributed by atoms with Gasteiger partial charge in [-0.3, -0.25) is 4.79 Å². The highest BCUT2D eigenvalue weighted by molar-refractivity contribution is 5.92. The number of nitrogens with one attached hydrogen (secondary N) is 1. The molecule has 26 heavy (non-hydrogen) atoms. The highest BCUT2D eigenvalue weighted by Crippen LogP contribution is 2.32. The van der Waals surface area contributed by atoms with Crippen molar-refractivity contribution in [2.75, 3.05) is 13.7 Å². The minimum atomic E-state index is -4.77. The van der Waals surface area contributed by atoms with Gasteiger partial charge in [-0.2, -0.15) is 13.2 Å². The Labute approximate surface area is 145 Å². The van der Waals surface area contributed by atoms with Crippen LogP contribution in [0.5, 0.6) is 0 Å². The SMILES string of the molecule is CCOC(=O)c1cc(-c2cc(F)cc(C(F)(F)F)c2)[nH]c(=O)c1COC. The summed E-state index contributed by atoms with van der Waals surface area (Å²) in [6.07, 6.45) is -4.77. The molecule has 0 saturated heterocycles. The molecule has 5 nitrogen and oxygen atoms in total. The predicted octanol–water partition coefficient (Wildman–Crippen LogP) is 3.52. The van der Waals surface area contributed by atoms with Crippen LogP contribution in [0, 0.1) is 5.82 Å². The van der Waals surface area contributed by atoms with Crippen LogP contribution < -0.4 is 5.56 Å². The maximum absolute atomic E-state index is 13.6. The number of ether oxygens (including phenoxy) is 2. The van der Waals surface area contributed by atoms with Crippen molar-refractivity contribution in [3.8, 4) is 11.3 Å². The molecule has 9 heteroatoms. The summed E-state index contributed by atoms with van der Waals surface area (Å²) in [6.45, 7) is 1.39. The van der Waals surface area contributed by atoms with Gasteiger partial charge in [-0.25, -0.2) is 9.18 Å². The molecule has 0 saturated carbocycles. The van der Waals surface area contributed by atoms with E-state index in [9.17, 15) is 27.2 Å². The van der Waals surface area contributed by atoms with E-state index < -0.39 is 29.1 Å². The lowest BCUT2D eigenvalue weighted by atomic mass is 10.0. The number of carbonyl (C=O) groups excluding carboxylic acids is 1. The Balaban J connectivity index is 2.66. The molecule has 0 amide bonds. The van der Waals surface area contributed by atoms with Crippen LogP contribution in [-0.4, -0.2) is 24.7 Å². The number of carbonyl (C=O) groups is 1. The van der Waals surface area contributed by atoms with Crippen molar-refractivity contribution in [1.29, 1.82) is 0 Å². The molecule has 0 atom stereocenters. The standard InChI is InChI=1S/C17H15F4NO4/c1-3-26-16(24)12-7-14(22-15(23)13(12)8-25-2)9-4-10(17(19,20)21)6-11(18)5-9/h4-7H,3,8H2,1-2H3,(H,22,23). The summed E-state index contributed by atoms with van der Waals surface area (Å²) in [6, 6.07) is 2.99. The smallest absolute Gasteiger partial charge is 0.416 e. The van der Waals surface area contributed by atoms with E-state index in [4.69, 9.17) is 9.47 Å². The lowest BCUT2D eigenvalue weighted by molar-refractivity contribution is -0.137. The van der Waals surface area contributed by atoms with Gasteiger partial charge in [0.1, 0.15) is 5.82 Å². The Morgan fingerprint density at radius 3 is 2.46 bits per heavy atom. The second kappa shape index (κ2) is 7.69. The summed E-state index contributed by atoms with van der Waals surface area (Å²) in [5.41, 5.74) is -2.54. The van der Waals surface area contributed by atoms with Gasteiger partial charge in [-0.15, -0.1) is 0 Å². The molecule has 0 aliphatic carbocycles. The first-order chi connectivity index (χ1) is 12.2. The molecule has 1 N–H and O–H groups in total. The molecule has 0 radical (unpaired) electrons. The first-order valence-corrected chi connectivity index (χ1v) is 7.47. The first kappa shape index (κ1) is 19.6. The number of benzene rings is 1. The molecule has 140 valence electrons. The van der Waals surface area contributed by atoms with Crippen LogP contribution in [0.3, 0.4) is 0 Å². The Morgan fingerprint density at radius 2 is 1.88 bits per heavy atom. The molecule has 0 aliphatic heterocycles. The van der Waals surface area contributed by atoms with Crippen LogP contribution in [0.15, 0.2) is 29.1 Å². The lowest BCUT2D eigenvalue weighted by Gasteiger charge is -2.12. The molecule has 0 fully saturated rings. The van der Waals surface area contributed by atoms with Crippen LogP contribution in [0.4, 0.5) is 17.6 Å². The largest absolute Gasteiger partial charge is 0.462 e. The Morgan fingerprint density at radius 1 is 1.19 bits per heavy atom. The van der Waals surface area contributed by atoms with Crippen molar-refractivity contribution in [1.82, 2.24) is 4.98 Å². The van der Waals surface area contributed by atoms with Crippen molar-refractivity contribution >= 4 is 5.97 Å². The molecule has 1 aromatic carbocycles. The average Bonchev–Trinajstić information content (AvgIpc) is 2.55. The number of rotatable bonds is 5. The van der Waals surface area contributed by atoms with E-state index in [0.29, 0.717) is 12.1 Å². The minimum Gasteiger partial charge on any atom is -0.462 e. The molecule has 1 heterocycles. The summed E-state index contributed by atoms with van der Waals surface area (Å²) >= 11 is 0. The van der Waals surface area contributed by atoms with Gasteiger partial charge in [-0.1, -0.05) is 0 Å². The van der Waals surface area contributed by atoms with E-state index in [-0.39, 0.29) is 35.6 Å². The van der Waals surface area contributed by atoms with Crippen molar-refractivity contribution in [3.63, 3.8) is 0 Å².